The molecular formula is C11H21NO8P2S2. The Morgan fingerprint density at radius 2 is 1.00 bits per heavy atom. The van der Waals surface area contributed by atoms with Gasteiger partial charge in [-0.05, 0) is 35.7 Å². The number of amides is 2. The Bertz CT molecular complexity index is 586. The van der Waals surface area contributed by atoms with Crippen molar-refractivity contribution in [3.8, 4) is 0 Å². The fourth-order valence-corrected chi connectivity index (χ4v) is 1.31. The Kier molecular flexibility index (Phi) is 13.1. The number of hydrogen-bond acceptors (Lipinski definition) is 4. The highest BCUT2D eigenvalue weighted by Gasteiger charge is 2.31. The van der Waals surface area contributed by atoms with Crippen molar-refractivity contribution in [3.63, 3.8) is 0 Å². The quantitative estimate of drug-likeness (QED) is 0.258. The third-order valence-corrected chi connectivity index (χ3v) is 2.00. The average Bonchev–Trinajstić information content (AvgIpc) is 2.51. The van der Waals surface area contributed by atoms with Crippen LogP contribution in [0.1, 0.15) is 35.6 Å². The minimum absolute atomic E-state index is 0. The van der Waals surface area contributed by atoms with Crippen LogP contribution in [0.4, 0.5) is 0 Å². The lowest BCUT2D eigenvalue weighted by molar-refractivity contribution is 0.0693. The van der Waals surface area contributed by atoms with Gasteiger partial charge in [-0.2, -0.15) is 0 Å². The number of benzene rings is 1. The fourth-order valence-electron chi connectivity index (χ4n) is 1.31. The smallest absolute Gasteiger partial charge is 0.319 e. The van der Waals surface area contributed by atoms with Crippen molar-refractivity contribution >= 4 is 48.9 Å². The van der Waals surface area contributed by atoms with E-state index in [-0.39, 0.29) is 26.7 Å². The van der Waals surface area contributed by atoms with Crippen LogP contribution in [0.5, 0.6) is 0 Å². The Labute approximate surface area is 150 Å². The molecule has 140 valence electrons. The van der Waals surface area contributed by atoms with Crippen LogP contribution in [-0.2, 0) is 23.6 Å². The molecule has 0 bridgehead atoms. The summed E-state index contributed by atoms with van der Waals surface area (Å²) >= 11 is 7.21. The van der Waals surface area contributed by atoms with E-state index >= 15 is 0 Å². The van der Waals surface area contributed by atoms with Gasteiger partial charge in [-0.25, -0.2) is 0 Å². The zero-order valence-electron chi connectivity index (χ0n) is 11.0. The van der Waals surface area contributed by atoms with Crippen LogP contribution < -0.4 is 0 Å². The molecule has 0 atom stereocenters. The van der Waals surface area contributed by atoms with Gasteiger partial charge in [0, 0.05) is 7.05 Å². The van der Waals surface area contributed by atoms with E-state index in [2.05, 4.69) is 23.6 Å². The van der Waals surface area contributed by atoms with Gasteiger partial charge in [0.25, 0.3) is 11.8 Å². The second-order valence-electron chi connectivity index (χ2n) is 3.74. The molecule has 0 aromatic heterocycles. The molecular weight excluding hydrogens is 400 g/mol. The van der Waals surface area contributed by atoms with Gasteiger partial charge in [0.1, 0.15) is 0 Å². The van der Waals surface area contributed by atoms with Gasteiger partial charge in [0.05, 0.1) is 11.1 Å². The van der Waals surface area contributed by atoms with Crippen LogP contribution in [0, 0.1) is 0 Å². The van der Waals surface area contributed by atoms with Crippen LogP contribution in [0.3, 0.4) is 0 Å². The number of imide groups is 1. The molecule has 0 spiro atoms. The Morgan fingerprint density at radius 1 is 0.792 bits per heavy atom. The molecule has 6 N–H and O–H groups in total. The number of nitrogens with zero attached hydrogens (tertiary/aromatic N) is 1. The number of carbonyl (C=O) groups is 2. The first-order valence-electron chi connectivity index (χ1n) is 5.20. The van der Waals surface area contributed by atoms with Gasteiger partial charge in [0.15, 0.2) is 0 Å². The maximum absolute atomic E-state index is 11.3. The van der Waals surface area contributed by atoms with Crippen molar-refractivity contribution in [3.05, 3.63) is 35.4 Å². The highest BCUT2D eigenvalue weighted by atomic mass is 32.5. The second-order valence-corrected chi connectivity index (χ2v) is 8.73. The molecule has 0 saturated heterocycles. The number of rotatable bonds is 0. The molecule has 0 unspecified atom stereocenters. The summed E-state index contributed by atoms with van der Waals surface area (Å²) in [5.41, 5.74) is 1.01. The van der Waals surface area contributed by atoms with Crippen molar-refractivity contribution < 1.29 is 38.9 Å². The topological polar surface area (TPSA) is 159 Å². The monoisotopic (exact) mass is 421 g/mol. The van der Waals surface area contributed by atoms with Gasteiger partial charge < -0.3 is 29.4 Å². The zero-order valence-corrected chi connectivity index (χ0v) is 14.4. The molecule has 9 nitrogen and oxygen atoms in total. The van der Waals surface area contributed by atoms with Crippen LogP contribution in [0.25, 0.3) is 0 Å². The van der Waals surface area contributed by atoms with Crippen molar-refractivity contribution in [2.75, 3.05) is 7.05 Å². The molecule has 0 fully saturated rings. The van der Waals surface area contributed by atoms with E-state index in [1.54, 1.807) is 24.3 Å². The molecule has 0 saturated carbocycles. The molecule has 24 heavy (non-hydrogen) atoms. The highest BCUT2D eigenvalue weighted by molar-refractivity contribution is 8.06. The molecule has 1 aromatic rings. The second kappa shape index (κ2) is 11.1. The minimum atomic E-state index is -3.81. The number of hydrogen-bond donors (Lipinski definition) is 6. The Hall–Kier alpha value is -0.580. The summed E-state index contributed by atoms with van der Waals surface area (Å²) in [6.07, 6.45) is 0. The third kappa shape index (κ3) is 12.8. The van der Waals surface area contributed by atoms with Gasteiger partial charge in [-0.15, -0.1) is 0 Å². The van der Waals surface area contributed by atoms with Gasteiger partial charge in [0.2, 0.25) is 0 Å². The van der Waals surface area contributed by atoms with Crippen molar-refractivity contribution in [1.82, 2.24) is 4.90 Å². The minimum Gasteiger partial charge on any atom is -0.325 e. The highest BCUT2D eigenvalue weighted by Crippen LogP contribution is 2.27. The first kappa shape index (κ1) is 28.2. The molecule has 2 amide bonds. The van der Waals surface area contributed by atoms with Crippen molar-refractivity contribution in [2.24, 2.45) is 0 Å². The van der Waals surface area contributed by atoms with Crippen LogP contribution in [0.2, 0.25) is 0 Å². The molecule has 2 rings (SSSR count). The maximum Gasteiger partial charge on any atom is 0.319 e. The lowest BCUT2D eigenvalue weighted by Gasteiger charge is -2.02. The largest absolute Gasteiger partial charge is 0.325 e. The van der Waals surface area contributed by atoms with E-state index in [1.807, 2.05) is 0 Å². The lowest BCUT2D eigenvalue weighted by Crippen LogP contribution is -2.24. The van der Waals surface area contributed by atoms with Crippen molar-refractivity contribution in [2.45, 2.75) is 14.9 Å². The van der Waals surface area contributed by atoms with E-state index in [0.29, 0.717) is 11.1 Å². The van der Waals surface area contributed by atoms with Gasteiger partial charge >= 0.3 is 13.4 Å². The number of fused-ring (bicyclic) bond motifs is 1. The summed E-state index contributed by atoms with van der Waals surface area (Å²) in [6, 6.07) is 6.84. The summed E-state index contributed by atoms with van der Waals surface area (Å²) in [7, 11) is 1.49. The summed E-state index contributed by atoms with van der Waals surface area (Å²) in [5.74, 6) is -0.425. The third-order valence-electron chi connectivity index (χ3n) is 2.00. The fraction of sp³-hybridized carbons (Fsp3) is 0.273. The first-order valence-corrected chi connectivity index (χ1v) is 10.5. The maximum atomic E-state index is 11.3. The van der Waals surface area contributed by atoms with E-state index in [9.17, 15) is 9.59 Å². The normalized spacial score (nSPS) is 12.5. The first-order chi connectivity index (χ1) is 9.72. The van der Waals surface area contributed by atoms with Gasteiger partial charge in [-0.3, -0.25) is 14.5 Å². The van der Waals surface area contributed by atoms with Crippen LogP contribution in [0.15, 0.2) is 24.3 Å². The number of carbonyl (C=O) groups excluding carboxylic acids is 2. The van der Waals surface area contributed by atoms with Crippen LogP contribution in [-0.4, -0.2) is 53.1 Å². The van der Waals surface area contributed by atoms with Crippen molar-refractivity contribution in [1.29, 1.82) is 0 Å². The molecule has 1 aliphatic heterocycles. The van der Waals surface area contributed by atoms with E-state index in [1.165, 1.54) is 7.05 Å². The van der Waals surface area contributed by atoms with Gasteiger partial charge in [-0.1, -0.05) is 27.0 Å². The van der Waals surface area contributed by atoms with E-state index < -0.39 is 13.4 Å². The molecule has 1 aromatic carbocycles. The average molecular weight is 421 g/mol. The molecule has 0 aliphatic carbocycles. The Balaban J connectivity index is -0.000000316. The molecule has 1 heterocycles. The SMILES string of the molecule is C.C.CN1C(=O)c2ccccc2C1=O.OP(O)(O)=S.OP(O)(O)=S. The summed E-state index contributed by atoms with van der Waals surface area (Å²) < 4.78 is 0. The van der Waals surface area contributed by atoms with E-state index in [0.717, 1.165) is 4.90 Å². The predicted octanol–water partition coefficient (Wildman–Crippen LogP) is 0.560. The van der Waals surface area contributed by atoms with Crippen LogP contribution >= 0.6 is 13.4 Å². The summed E-state index contributed by atoms with van der Waals surface area (Å²) in [4.78, 5) is 69.1. The molecule has 1 aliphatic rings. The molecule has 13 heteroatoms. The van der Waals surface area contributed by atoms with E-state index in [4.69, 9.17) is 29.4 Å². The zero-order chi connectivity index (χ0) is 17.7. The Morgan fingerprint density at radius 3 is 1.21 bits per heavy atom. The summed E-state index contributed by atoms with van der Waals surface area (Å²) in [5, 5.41) is 0. The summed E-state index contributed by atoms with van der Waals surface area (Å²) in [6.45, 7) is -7.61. The predicted molar refractivity (Wildman–Crippen MR) is 98.2 cm³/mol. The lowest BCUT2D eigenvalue weighted by atomic mass is 10.1. The standard InChI is InChI=1S/C9H7NO2.2CH4.2H3O3PS/c1-10-8(11)6-4-2-3-5-7(6)9(10)12;;;2*1-4(2,3)5/h2-5H,1H3;2*1H4;2*(H3,1,2,3,5). The molecule has 0 radical (unpaired) electrons.